The second kappa shape index (κ2) is 29.5. The summed E-state index contributed by atoms with van der Waals surface area (Å²) in [6.07, 6.45) is 23.5. The first-order valence-corrected chi connectivity index (χ1v) is 19.1. The highest BCUT2D eigenvalue weighted by Crippen LogP contribution is 2.34. The largest absolute Gasteiger partial charge is 0.508 e. The quantitative estimate of drug-likeness (QED) is 0.0263. The standard InChI is InChI=1S/C39H69NO8/c1-6-10-12-14-16-18-20-22-24-26-32(41)30-35(42)40-36-33(27-25-23-21-19-17-15-13-11-7-2)37(48-39(43)46-29-9-4)34(31-44-5)47-38(36)45-28-8-3/h8-9,28,33-34,36-38H,4,6-7,10-27,29-31H2,1-3,5H3,(H,40,42)/b28-8-/t33-,34-,36?,37+,38?/m1/s1. The van der Waals surface area contributed by atoms with Crippen molar-refractivity contribution in [3.05, 3.63) is 25.0 Å². The first-order valence-electron chi connectivity index (χ1n) is 19.1. The van der Waals surface area contributed by atoms with Gasteiger partial charge in [0.1, 0.15) is 24.6 Å². The summed E-state index contributed by atoms with van der Waals surface area (Å²) in [5.41, 5.74) is 0. The molecule has 0 aromatic heterocycles. The van der Waals surface area contributed by atoms with E-state index in [9.17, 15) is 14.4 Å². The van der Waals surface area contributed by atoms with Crippen LogP contribution in [0.2, 0.25) is 0 Å². The van der Waals surface area contributed by atoms with Gasteiger partial charge in [0, 0.05) is 19.4 Å². The van der Waals surface area contributed by atoms with Crippen molar-refractivity contribution >= 4 is 17.8 Å². The molecule has 0 radical (unpaired) electrons. The molecule has 0 aromatic rings. The van der Waals surface area contributed by atoms with Crippen molar-refractivity contribution in [1.29, 1.82) is 0 Å². The Morgan fingerprint density at radius 2 is 1.38 bits per heavy atom. The van der Waals surface area contributed by atoms with Crippen LogP contribution in [0.25, 0.3) is 0 Å². The van der Waals surface area contributed by atoms with Crippen LogP contribution >= 0.6 is 0 Å². The number of carbonyl (C=O) groups is 3. The molecule has 278 valence electrons. The van der Waals surface area contributed by atoms with Gasteiger partial charge >= 0.3 is 6.16 Å². The summed E-state index contributed by atoms with van der Waals surface area (Å²) in [6, 6.07) is -0.659. The summed E-state index contributed by atoms with van der Waals surface area (Å²) in [5.74, 6) is -0.813. The molecule has 0 spiro atoms. The molecule has 0 saturated carbocycles. The first-order chi connectivity index (χ1) is 23.4. The normalized spacial score (nSPS) is 20.8. The molecule has 1 rings (SSSR count). The van der Waals surface area contributed by atoms with Crippen molar-refractivity contribution in [2.24, 2.45) is 5.92 Å². The van der Waals surface area contributed by atoms with Crippen molar-refractivity contribution in [2.45, 2.75) is 180 Å². The Morgan fingerprint density at radius 3 is 1.92 bits per heavy atom. The maximum atomic E-state index is 13.3. The third-order valence-electron chi connectivity index (χ3n) is 8.97. The zero-order chi connectivity index (χ0) is 35.2. The zero-order valence-electron chi connectivity index (χ0n) is 30.9. The molecule has 1 fully saturated rings. The Morgan fingerprint density at radius 1 is 0.812 bits per heavy atom. The van der Waals surface area contributed by atoms with E-state index in [0.717, 1.165) is 38.5 Å². The number of allylic oxidation sites excluding steroid dienone is 1. The smallest absolute Gasteiger partial charge is 0.471 e. The van der Waals surface area contributed by atoms with Gasteiger partial charge in [-0.15, -0.1) is 0 Å². The maximum Gasteiger partial charge on any atom is 0.508 e. The van der Waals surface area contributed by atoms with Gasteiger partial charge in [0.15, 0.2) is 0 Å². The average Bonchev–Trinajstić information content (AvgIpc) is 3.07. The van der Waals surface area contributed by atoms with Crippen LogP contribution in [0.3, 0.4) is 0 Å². The lowest BCUT2D eigenvalue weighted by Gasteiger charge is -2.45. The molecule has 9 nitrogen and oxygen atoms in total. The van der Waals surface area contributed by atoms with Gasteiger partial charge in [0.2, 0.25) is 12.2 Å². The summed E-state index contributed by atoms with van der Waals surface area (Å²) in [5, 5.41) is 3.05. The Labute approximate surface area is 292 Å². The van der Waals surface area contributed by atoms with E-state index in [-0.39, 0.29) is 37.2 Å². The van der Waals surface area contributed by atoms with Crippen LogP contribution in [0.4, 0.5) is 4.79 Å². The first kappa shape index (κ1) is 43.6. The molecular formula is C39H69NO8. The van der Waals surface area contributed by atoms with Crippen LogP contribution in [0.15, 0.2) is 25.0 Å². The van der Waals surface area contributed by atoms with Crippen molar-refractivity contribution in [3.8, 4) is 0 Å². The van der Waals surface area contributed by atoms with E-state index in [1.807, 2.05) is 6.92 Å². The molecule has 5 atom stereocenters. The molecule has 0 aromatic carbocycles. The number of ketones is 1. The van der Waals surface area contributed by atoms with Crippen molar-refractivity contribution in [3.63, 3.8) is 0 Å². The Hall–Kier alpha value is -2.39. The van der Waals surface area contributed by atoms with Crippen LogP contribution in [-0.4, -0.2) is 62.7 Å². The van der Waals surface area contributed by atoms with Gasteiger partial charge in [-0.2, -0.15) is 0 Å². The highest BCUT2D eigenvalue weighted by molar-refractivity contribution is 5.98. The van der Waals surface area contributed by atoms with Gasteiger partial charge in [0.05, 0.1) is 25.3 Å². The highest BCUT2D eigenvalue weighted by atomic mass is 16.7. The fraction of sp³-hybridized carbons (Fsp3) is 0.821. The predicted molar refractivity (Wildman–Crippen MR) is 192 cm³/mol. The fourth-order valence-corrected chi connectivity index (χ4v) is 6.37. The summed E-state index contributed by atoms with van der Waals surface area (Å²) < 4.78 is 28.7. The minimum absolute atomic E-state index is 0.0124. The van der Waals surface area contributed by atoms with Gasteiger partial charge in [-0.25, -0.2) is 4.79 Å². The van der Waals surface area contributed by atoms with Crippen molar-refractivity contribution in [1.82, 2.24) is 5.32 Å². The van der Waals surface area contributed by atoms with Crippen LogP contribution in [0.1, 0.15) is 156 Å². The average molecular weight is 680 g/mol. The van der Waals surface area contributed by atoms with E-state index in [1.165, 1.54) is 89.4 Å². The van der Waals surface area contributed by atoms with Crippen LogP contribution in [0.5, 0.6) is 0 Å². The van der Waals surface area contributed by atoms with Crippen LogP contribution < -0.4 is 5.32 Å². The molecule has 48 heavy (non-hydrogen) atoms. The number of Topliss-reactive ketones (excluding diaryl/α,β-unsaturated/α-hetero) is 1. The predicted octanol–water partition coefficient (Wildman–Crippen LogP) is 9.52. The number of amides is 1. The molecule has 0 aliphatic carbocycles. The molecule has 9 heteroatoms. The molecule has 1 N–H and O–H groups in total. The lowest BCUT2D eigenvalue weighted by atomic mass is 9.82. The second-order valence-electron chi connectivity index (χ2n) is 13.2. The minimum Gasteiger partial charge on any atom is -0.471 e. The fourth-order valence-electron chi connectivity index (χ4n) is 6.37. The number of ether oxygens (including phenoxy) is 5. The van der Waals surface area contributed by atoms with Crippen LogP contribution in [0, 0.1) is 5.92 Å². The zero-order valence-corrected chi connectivity index (χ0v) is 30.9. The number of hydrogen-bond donors (Lipinski definition) is 1. The molecule has 1 saturated heterocycles. The number of carbonyl (C=O) groups excluding carboxylic acids is 3. The van der Waals surface area contributed by atoms with Gasteiger partial charge < -0.3 is 29.0 Å². The topological polar surface area (TPSA) is 109 Å². The summed E-state index contributed by atoms with van der Waals surface area (Å²) in [7, 11) is 1.56. The molecule has 1 amide bonds. The monoisotopic (exact) mass is 680 g/mol. The van der Waals surface area contributed by atoms with E-state index in [4.69, 9.17) is 23.7 Å². The SMILES string of the molecule is C=CCOC(=O)O[C@H]1[C@H](CCCCCCCCCCC)C(NC(=O)CC(=O)CCCCCCCCCCC)C(O/C=C\C)O[C@@H]1COC. The number of nitrogens with one attached hydrogen (secondary N) is 1. The Kier molecular flexibility index (Phi) is 26.8. The highest BCUT2D eigenvalue weighted by Gasteiger charge is 2.49. The number of hydrogen-bond acceptors (Lipinski definition) is 8. The number of rotatable bonds is 30. The maximum absolute atomic E-state index is 13.3. The summed E-state index contributed by atoms with van der Waals surface area (Å²) in [4.78, 5) is 38.8. The molecule has 1 aliphatic heterocycles. The molecule has 1 aliphatic rings. The summed E-state index contributed by atoms with van der Waals surface area (Å²) in [6.45, 7) is 10.0. The van der Waals surface area contributed by atoms with E-state index < -0.39 is 30.7 Å². The van der Waals surface area contributed by atoms with E-state index >= 15 is 0 Å². The third-order valence-corrected chi connectivity index (χ3v) is 8.97. The minimum atomic E-state index is -0.856. The lowest BCUT2D eigenvalue weighted by Crippen LogP contribution is -2.62. The second-order valence-corrected chi connectivity index (χ2v) is 13.2. The van der Waals surface area contributed by atoms with E-state index in [2.05, 4.69) is 25.7 Å². The molecule has 2 unspecified atom stereocenters. The van der Waals surface area contributed by atoms with E-state index in [0.29, 0.717) is 12.8 Å². The van der Waals surface area contributed by atoms with Gasteiger partial charge in [-0.1, -0.05) is 142 Å². The van der Waals surface area contributed by atoms with Gasteiger partial charge in [0.25, 0.3) is 0 Å². The molecular weight excluding hydrogens is 610 g/mol. The Bertz CT molecular complexity index is 878. The molecule has 1 heterocycles. The number of unbranched alkanes of at least 4 members (excludes halogenated alkanes) is 16. The van der Waals surface area contributed by atoms with Gasteiger partial charge in [-0.3, -0.25) is 9.59 Å². The van der Waals surface area contributed by atoms with Crippen LogP contribution in [-0.2, 0) is 33.3 Å². The third kappa shape index (κ3) is 20.2. The van der Waals surface area contributed by atoms with Gasteiger partial charge in [-0.05, 0) is 19.8 Å². The van der Waals surface area contributed by atoms with Crippen molar-refractivity contribution < 1.29 is 38.1 Å². The van der Waals surface area contributed by atoms with E-state index in [1.54, 1.807) is 13.2 Å². The lowest BCUT2D eigenvalue weighted by molar-refractivity contribution is -0.247. The van der Waals surface area contributed by atoms with Crippen molar-refractivity contribution in [2.75, 3.05) is 20.3 Å². The number of methoxy groups -OCH3 is 1. The molecule has 0 bridgehead atoms. The summed E-state index contributed by atoms with van der Waals surface area (Å²) >= 11 is 0. The Balaban J connectivity index is 2.93.